The molecule has 2 rings (SSSR count). The molecule has 0 amide bonds. The van der Waals surface area contributed by atoms with Gasteiger partial charge in [0.05, 0.1) is 17.3 Å². The van der Waals surface area contributed by atoms with Crippen LogP contribution in [-0.4, -0.2) is 22.2 Å². The molecule has 1 aliphatic carbocycles. The normalized spacial score (nSPS) is 15.2. The van der Waals surface area contributed by atoms with Crippen molar-refractivity contribution in [2.45, 2.75) is 18.9 Å². The number of hydrogen-bond donors (Lipinski definition) is 1. The lowest BCUT2D eigenvalue weighted by molar-refractivity contribution is 0.0692. The average molecular weight is 214 g/mol. The quantitative estimate of drug-likeness (QED) is 0.834. The van der Waals surface area contributed by atoms with Crippen LogP contribution in [0.2, 0.25) is 5.02 Å². The van der Waals surface area contributed by atoms with E-state index in [2.05, 4.69) is 4.98 Å². The molecule has 0 unspecified atom stereocenters. The molecular weight excluding hydrogens is 206 g/mol. The van der Waals surface area contributed by atoms with Gasteiger partial charge in [0, 0.05) is 6.20 Å². The lowest BCUT2D eigenvalue weighted by Crippen LogP contribution is -2.05. The lowest BCUT2D eigenvalue weighted by atomic mass is 10.2. The zero-order valence-electron chi connectivity index (χ0n) is 7.24. The van der Waals surface area contributed by atoms with E-state index in [9.17, 15) is 4.79 Å². The van der Waals surface area contributed by atoms with E-state index in [4.69, 9.17) is 21.4 Å². The maximum absolute atomic E-state index is 10.9. The summed E-state index contributed by atoms with van der Waals surface area (Å²) in [6.07, 6.45) is 4.74. The van der Waals surface area contributed by atoms with Gasteiger partial charge in [-0.25, -0.2) is 4.79 Å². The first kappa shape index (κ1) is 9.27. The topological polar surface area (TPSA) is 59.4 Å². The van der Waals surface area contributed by atoms with E-state index in [1.54, 1.807) is 0 Å². The van der Waals surface area contributed by atoms with Gasteiger partial charge >= 0.3 is 5.97 Å². The van der Waals surface area contributed by atoms with Gasteiger partial charge in [0.2, 0.25) is 0 Å². The number of aromatic nitrogens is 1. The molecule has 0 spiro atoms. The van der Waals surface area contributed by atoms with Crippen LogP contribution in [0.5, 0.6) is 5.75 Å². The third-order valence-electron chi connectivity index (χ3n) is 1.90. The van der Waals surface area contributed by atoms with E-state index in [-0.39, 0.29) is 22.4 Å². The third-order valence-corrected chi connectivity index (χ3v) is 2.18. The highest BCUT2D eigenvalue weighted by Gasteiger charge is 2.26. The van der Waals surface area contributed by atoms with Gasteiger partial charge in [-0.05, 0) is 12.8 Å². The fourth-order valence-electron chi connectivity index (χ4n) is 1.08. The highest BCUT2D eigenvalue weighted by Crippen LogP contribution is 2.31. The van der Waals surface area contributed by atoms with Gasteiger partial charge in [-0.1, -0.05) is 11.6 Å². The van der Waals surface area contributed by atoms with Crippen LogP contribution in [0, 0.1) is 0 Å². The van der Waals surface area contributed by atoms with Crippen LogP contribution in [0.25, 0.3) is 0 Å². The molecule has 4 nitrogen and oxygen atoms in total. The molecule has 0 aromatic carbocycles. The Balaban J connectivity index is 2.35. The number of carboxylic acid groups (broad SMARTS) is 1. The molecule has 0 radical (unpaired) electrons. The summed E-state index contributed by atoms with van der Waals surface area (Å²) in [6, 6.07) is 0. The number of rotatable bonds is 3. The fraction of sp³-hybridized carbons (Fsp3) is 0.333. The monoisotopic (exact) mass is 213 g/mol. The number of nitrogens with zero attached hydrogens (tertiary/aromatic N) is 1. The Morgan fingerprint density at radius 3 is 2.86 bits per heavy atom. The predicted molar refractivity (Wildman–Crippen MR) is 49.9 cm³/mol. The first-order valence-electron chi connectivity index (χ1n) is 4.22. The van der Waals surface area contributed by atoms with Gasteiger partial charge in [-0.15, -0.1) is 0 Å². The fourth-order valence-corrected chi connectivity index (χ4v) is 1.31. The molecule has 0 bridgehead atoms. The molecule has 74 valence electrons. The van der Waals surface area contributed by atoms with E-state index in [0.717, 1.165) is 12.8 Å². The van der Waals surface area contributed by atoms with Gasteiger partial charge in [0.25, 0.3) is 0 Å². The molecule has 1 aromatic heterocycles. The van der Waals surface area contributed by atoms with Crippen molar-refractivity contribution in [3.63, 3.8) is 0 Å². The highest BCUT2D eigenvalue weighted by molar-refractivity contribution is 6.33. The summed E-state index contributed by atoms with van der Waals surface area (Å²) in [7, 11) is 0. The molecule has 0 aliphatic heterocycles. The number of carboxylic acids is 1. The minimum atomic E-state index is -1.09. The number of ether oxygens (including phenoxy) is 1. The van der Waals surface area contributed by atoms with Crippen molar-refractivity contribution in [2.24, 2.45) is 0 Å². The maximum Gasteiger partial charge on any atom is 0.341 e. The molecule has 1 fully saturated rings. The summed E-state index contributed by atoms with van der Waals surface area (Å²) in [5, 5.41) is 8.99. The number of pyridine rings is 1. The van der Waals surface area contributed by atoms with Crippen LogP contribution in [0.3, 0.4) is 0 Å². The Morgan fingerprint density at radius 2 is 2.29 bits per heavy atom. The summed E-state index contributed by atoms with van der Waals surface area (Å²) in [5.74, 6) is -0.833. The molecule has 1 N–H and O–H groups in total. The molecule has 0 atom stereocenters. The summed E-state index contributed by atoms with van der Waals surface area (Å²) in [4.78, 5) is 14.6. The molecule has 1 aromatic rings. The molecular formula is C9H8ClNO3. The molecule has 1 saturated carbocycles. The standard InChI is InChI=1S/C9H8ClNO3/c10-6-3-11-4-7(8(6)9(12)13)14-5-1-2-5/h3-5H,1-2H2,(H,12,13). The van der Waals surface area contributed by atoms with E-state index in [0.29, 0.717) is 0 Å². The van der Waals surface area contributed by atoms with Crippen molar-refractivity contribution in [3.05, 3.63) is 23.0 Å². The Hall–Kier alpha value is -1.29. The van der Waals surface area contributed by atoms with Gasteiger partial charge in [0.1, 0.15) is 5.56 Å². The number of aromatic carboxylic acids is 1. The van der Waals surface area contributed by atoms with E-state index in [1.165, 1.54) is 12.4 Å². The summed E-state index contributed by atoms with van der Waals surface area (Å²) in [5.41, 5.74) is -0.00596. The molecule has 0 saturated heterocycles. The van der Waals surface area contributed by atoms with E-state index in [1.807, 2.05) is 0 Å². The zero-order valence-corrected chi connectivity index (χ0v) is 7.99. The molecule has 14 heavy (non-hydrogen) atoms. The third kappa shape index (κ3) is 1.80. The first-order chi connectivity index (χ1) is 6.68. The molecule has 1 aliphatic rings. The Morgan fingerprint density at radius 1 is 1.57 bits per heavy atom. The molecule has 1 heterocycles. The SMILES string of the molecule is O=C(O)c1c(Cl)cncc1OC1CC1. The minimum Gasteiger partial charge on any atom is -0.488 e. The number of halogens is 1. The minimum absolute atomic E-state index is 0.00596. The zero-order chi connectivity index (χ0) is 10.1. The Kier molecular flexibility index (Phi) is 2.29. The van der Waals surface area contributed by atoms with Crippen molar-refractivity contribution < 1.29 is 14.6 Å². The maximum atomic E-state index is 10.9. The van der Waals surface area contributed by atoms with Crippen LogP contribution < -0.4 is 4.74 Å². The van der Waals surface area contributed by atoms with E-state index >= 15 is 0 Å². The predicted octanol–water partition coefficient (Wildman–Crippen LogP) is 1.97. The highest BCUT2D eigenvalue weighted by atomic mass is 35.5. The van der Waals surface area contributed by atoms with Gasteiger partial charge < -0.3 is 9.84 Å². The Bertz CT molecular complexity index is 376. The van der Waals surface area contributed by atoms with Crippen molar-refractivity contribution in [3.8, 4) is 5.75 Å². The van der Waals surface area contributed by atoms with Gasteiger partial charge in [0.15, 0.2) is 5.75 Å². The van der Waals surface area contributed by atoms with Crippen LogP contribution in [0.1, 0.15) is 23.2 Å². The van der Waals surface area contributed by atoms with Gasteiger partial charge in [-0.2, -0.15) is 0 Å². The van der Waals surface area contributed by atoms with Crippen molar-refractivity contribution in [1.82, 2.24) is 4.98 Å². The molecule has 5 heteroatoms. The number of hydrogen-bond acceptors (Lipinski definition) is 3. The second-order valence-electron chi connectivity index (χ2n) is 3.12. The average Bonchev–Trinajstić information content (AvgIpc) is 2.87. The lowest BCUT2D eigenvalue weighted by Gasteiger charge is -2.07. The van der Waals surface area contributed by atoms with Crippen LogP contribution in [-0.2, 0) is 0 Å². The number of carbonyl (C=O) groups is 1. The van der Waals surface area contributed by atoms with Crippen molar-refractivity contribution in [2.75, 3.05) is 0 Å². The second kappa shape index (κ2) is 3.46. The Labute approximate surface area is 85.5 Å². The largest absolute Gasteiger partial charge is 0.488 e. The van der Waals surface area contributed by atoms with Crippen LogP contribution in [0.4, 0.5) is 0 Å². The van der Waals surface area contributed by atoms with E-state index < -0.39 is 5.97 Å². The second-order valence-corrected chi connectivity index (χ2v) is 3.52. The summed E-state index contributed by atoms with van der Waals surface area (Å²) < 4.78 is 5.37. The van der Waals surface area contributed by atoms with Crippen molar-refractivity contribution >= 4 is 17.6 Å². The summed E-state index contributed by atoms with van der Waals surface area (Å²) >= 11 is 5.70. The van der Waals surface area contributed by atoms with Crippen LogP contribution >= 0.6 is 11.6 Å². The summed E-state index contributed by atoms with van der Waals surface area (Å²) in [6.45, 7) is 0. The first-order valence-corrected chi connectivity index (χ1v) is 4.59. The van der Waals surface area contributed by atoms with Crippen LogP contribution in [0.15, 0.2) is 12.4 Å². The van der Waals surface area contributed by atoms with Gasteiger partial charge in [-0.3, -0.25) is 4.98 Å². The van der Waals surface area contributed by atoms with Crippen molar-refractivity contribution in [1.29, 1.82) is 0 Å². The smallest absolute Gasteiger partial charge is 0.341 e.